The molecule has 1 aliphatic rings. The fourth-order valence-corrected chi connectivity index (χ4v) is 5.17. The molecule has 0 radical (unpaired) electrons. The lowest BCUT2D eigenvalue weighted by Crippen LogP contribution is -2.31. The van der Waals surface area contributed by atoms with Gasteiger partial charge in [0, 0.05) is 32.0 Å². The van der Waals surface area contributed by atoms with E-state index >= 15 is 0 Å². The number of ether oxygens (including phenoxy) is 1. The van der Waals surface area contributed by atoms with E-state index in [0.29, 0.717) is 44.3 Å². The van der Waals surface area contributed by atoms with Gasteiger partial charge in [0.2, 0.25) is 5.91 Å². The Hall–Kier alpha value is -3.31. The second-order valence-electron chi connectivity index (χ2n) is 8.15. The smallest absolute Gasteiger partial charge is 0.261 e. The van der Waals surface area contributed by atoms with E-state index in [0.717, 1.165) is 12.8 Å². The number of aliphatic hydroxyl groups is 1. The first-order valence-electron chi connectivity index (χ1n) is 11.0. The number of aromatic nitrogens is 2. The minimum atomic E-state index is -0.431. The number of hydrogen-bond donors (Lipinski definition) is 4. The molecule has 3 aromatic rings. The maximum Gasteiger partial charge on any atom is 0.261 e. The standard InChI is InChI=1S/C23H26FN5O4S/c1-12-19-21(26-11-27-23(19)34-20(12)22(32)25-7-8-30)29-17-6-3-14(24)9-18(17)33-16-5-4-15(10-16)28-13(2)31/h3,6,9,11,15-16,30H,4-5,7-8,10H2,1-2H3,(H,25,32)(H,28,31)(H,26,27,29)/t15-,16-/m0/s1. The second kappa shape index (κ2) is 10.3. The molecule has 1 saturated carbocycles. The maximum absolute atomic E-state index is 14.1. The maximum atomic E-state index is 14.1. The van der Waals surface area contributed by atoms with Crippen molar-refractivity contribution in [2.75, 3.05) is 18.5 Å². The van der Waals surface area contributed by atoms with Gasteiger partial charge in [0.05, 0.1) is 22.6 Å². The highest BCUT2D eigenvalue weighted by molar-refractivity contribution is 7.20. The normalized spacial score (nSPS) is 17.5. The molecule has 34 heavy (non-hydrogen) atoms. The van der Waals surface area contributed by atoms with Crippen molar-refractivity contribution in [3.8, 4) is 5.75 Å². The predicted molar refractivity (Wildman–Crippen MR) is 127 cm³/mol. The summed E-state index contributed by atoms with van der Waals surface area (Å²) in [5, 5.41) is 18.4. The Morgan fingerprint density at radius 1 is 1.29 bits per heavy atom. The zero-order valence-electron chi connectivity index (χ0n) is 18.9. The summed E-state index contributed by atoms with van der Waals surface area (Å²) in [4.78, 5) is 33.6. The number of halogens is 1. The van der Waals surface area contributed by atoms with Crippen molar-refractivity contribution >= 4 is 44.9 Å². The van der Waals surface area contributed by atoms with Crippen molar-refractivity contribution in [1.82, 2.24) is 20.6 Å². The lowest BCUT2D eigenvalue weighted by atomic mass is 10.2. The average Bonchev–Trinajstić information content (AvgIpc) is 3.37. The summed E-state index contributed by atoms with van der Waals surface area (Å²) in [5.74, 6) is 0.00990. The molecule has 0 spiro atoms. The lowest BCUT2D eigenvalue weighted by molar-refractivity contribution is -0.119. The Balaban J connectivity index is 1.59. The van der Waals surface area contributed by atoms with E-state index in [4.69, 9.17) is 9.84 Å². The molecule has 2 amide bonds. The van der Waals surface area contributed by atoms with Gasteiger partial charge >= 0.3 is 0 Å². The summed E-state index contributed by atoms with van der Waals surface area (Å²) in [6.45, 7) is 3.30. The van der Waals surface area contributed by atoms with E-state index in [1.54, 1.807) is 6.07 Å². The predicted octanol–water partition coefficient (Wildman–Crippen LogP) is 3.04. The molecular formula is C23H26FN5O4S. The van der Waals surface area contributed by atoms with Crippen LogP contribution in [0.25, 0.3) is 10.2 Å². The van der Waals surface area contributed by atoms with Gasteiger partial charge < -0.3 is 25.8 Å². The molecule has 0 bridgehead atoms. The summed E-state index contributed by atoms with van der Waals surface area (Å²) in [7, 11) is 0. The van der Waals surface area contributed by atoms with Gasteiger partial charge in [0.15, 0.2) is 0 Å². The lowest BCUT2D eigenvalue weighted by Gasteiger charge is -2.18. The number of fused-ring (bicyclic) bond motifs is 1. The molecule has 4 N–H and O–H groups in total. The third-order valence-electron chi connectivity index (χ3n) is 5.61. The fourth-order valence-electron chi connectivity index (χ4n) is 4.10. The fraction of sp³-hybridized carbons (Fsp3) is 0.391. The number of anilines is 2. The number of benzene rings is 1. The van der Waals surface area contributed by atoms with Crippen LogP contribution in [-0.4, -0.2) is 52.2 Å². The first kappa shape index (κ1) is 23.8. The molecule has 1 aliphatic carbocycles. The molecule has 2 aromatic heterocycles. The monoisotopic (exact) mass is 487 g/mol. The van der Waals surface area contributed by atoms with Crippen LogP contribution >= 0.6 is 11.3 Å². The summed E-state index contributed by atoms with van der Waals surface area (Å²) >= 11 is 1.23. The number of hydrogen-bond acceptors (Lipinski definition) is 8. The minimum absolute atomic E-state index is 0.0396. The number of thiophene rings is 1. The number of aryl methyl sites for hydroxylation is 1. The molecule has 0 saturated heterocycles. The number of nitrogens with one attached hydrogen (secondary N) is 3. The van der Waals surface area contributed by atoms with Crippen molar-refractivity contribution in [2.24, 2.45) is 0 Å². The molecule has 0 aliphatic heterocycles. The number of nitrogens with zero attached hydrogens (tertiary/aromatic N) is 2. The van der Waals surface area contributed by atoms with Crippen molar-refractivity contribution in [3.05, 3.63) is 40.8 Å². The quantitative estimate of drug-likeness (QED) is 0.385. The molecule has 11 heteroatoms. The molecule has 4 rings (SSSR count). The van der Waals surface area contributed by atoms with E-state index in [1.165, 1.54) is 36.7 Å². The van der Waals surface area contributed by atoms with E-state index < -0.39 is 5.82 Å². The van der Waals surface area contributed by atoms with E-state index in [-0.39, 0.29) is 37.1 Å². The van der Waals surface area contributed by atoms with Crippen molar-refractivity contribution in [2.45, 2.75) is 45.3 Å². The van der Waals surface area contributed by atoms with Crippen LogP contribution in [-0.2, 0) is 4.79 Å². The van der Waals surface area contributed by atoms with Crippen molar-refractivity contribution in [1.29, 1.82) is 0 Å². The summed E-state index contributed by atoms with van der Waals surface area (Å²) in [5.41, 5.74) is 1.23. The van der Waals surface area contributed by atoms with Crippen LogP contribution in [0.5, 0.6) is 5.75 Å². The van der Waals surface area contributed by atoms with Crippen LogP contribution in [0.4, 0.5) is 15.9 Å². The number of carbonyl (C=O) groups is 2. The van der Waals surface area contributed by atoms with Crippen LogP contribution in [0.15, 0.2) is 24.5 Å². The Morgan fingerprint density at radius 3 is 2.88 bits per heavy atom. The third kappa shape index (κ3) is 5.26. The summed E-state index contributed by atoms with van der Waals surface area (Å²) in [6, 6.07) is 4.27. The molecule has 9 nitrogen and oxygen atoms in total. The Bertz CT molecular complexity index is 1220. The molecule has 2 atom stereocenters. The first-order chi connectivity index (χ1) is 16.4. The zero-order valence-corrected chi connectivity index (χ0v) is 19.7. The molecular weight excluding hydrogens is 461 g/mol. The Labute approximate surface area is 199 Å². The minimum Gasteiger partial charge on any atom is -0.488 e. The van der Waals surface area contributed by atoms with Gasteiger partial charge in [-0.2, -0.15) is 0 Å². The van der Waals surface area contributed by atoms with Crippen molar-refractivity contribution < 1.29 is 23.8 Å². The number of amides is 2. The summed E-state index contributed by atoms with van der Waals surface area (Å²) < 4.78 is 20.2. The SMILES string of the molecule is CC(=O)N[C@H]1CC[C@H](Oc2cc(F)ccc2Nc2ncnc3sc(C(=O)NCCO)c(C)c23)C1. The van der Waals surface area contributed by atoms with Crippen LogP contribution in [0, 0.1) is 12.7 Å². The molecule has 2 heterocycles. The topological polar surface area (TPSA) is 125 Å². The van der Waals surface area contributed by atoms with Gasteiger partial charge in [-0.05, 0) is 37.5 Å². The molecule has 1 aromatic carbocycles. The van der Waals surface area contributed by atoms with Gasteiger partial charge in [-0.25, -0.2) is 14.4 Å². The third-order valence-corrected chi connectivity index (χ3v) is 6.81. The van der Waals surface area contributed by atoms with Gasteiger partial charge in [-0.15, -0.1) is 11.3 Å². The average molecular weight is 488 g/mol. The van der Waals surface area contributed by atoms with Crippen LogP contribution in [0.2, 0.25) is 0 Å². The highest BCUT2D eigenvalue weighted by Crippen LogP contribution is 2.37. The summed E-state index contributed by atoms with van der Waals surface area (Å²) in [6.07, 6.45) is 3.42. The number of carbonyl (C=O) groups excluding carboxylic acids is 2. The number of aliphatic hydroxyl groups excluding tert-OH is 1. The van der Waals surface area contributed by atoms with E-state index in [1.807, 2.05) is 6.92 Å². The van der Waals surface area contributed by atoms with Crippen LogP contribution < -0.4 is 20.7 Å². The Morgan fingerprint density at radius 2 is 2.12 bits per heavy atom. The highest BCUT2D eigenvalue weighted by Gasteiger charge is 2.27. The van der Waals surface area contributed by atoms with Gasteiger partial charge in [0.25, 0.3) is 5.91 Å². The first-order valence-corrected chi connectivity index (χ1v) is 11.8. The van der Waals surface area contributed by atoms with Crippen LogP contribution in [0.3, 0.4) is 0 Å². The molecule has 180 valence electrons. The van der Waals surface area contributed by atoms with Crippen molar-refractivity contribution in [3.63, 3.8) is 0 Å². The zero-order chi connectivity index (χ0) is 24.2. The molecule has 1 fully saturated rings. The largest absolute Gasteiger partial charge is 0.488 e. The highest BCUT2D eigenvalue weighted by atomic mass is 32.1. The van der Waals surface area contributed by atoms with Gasteiger partial charge in [-0.3, -0.25) is 9.59 Å². The number of rotatable bonds is 8. The van der Waals surface area contributed by atoms with E-state index in [2.05, 4.69) is 25.9 Å². The van der Waals surface area contributed by atoms with E-state index in [9.17, 15) is 14.0 Å². The van der Waals surface area contributed by atoms with Crippen LogP contribution in [0.1, 0.15) is 41.4 Å². The second-order valence-corrected chi connectivity index (χ2v) is 9.15. The molecule has 0 unspecified atom stereocenters. The van der Waals surface area contributed by atoms with Gasteiger partial charge in [0.1, 0.15) is 34.6 Å². The Kier molecular flexibility index (Phi) is 7.23. The van der Waals surface area contributed by atoms with Gasteiger partial charge in [-0.1, -0.05) is 0 Å².